The van der Waals surface area contributed by atoms with Gasteiger partial charge in [-0.15, -0.1) is 0 Å². The lowest BCUT2D eigenvalue weighted by molar-refractivity contribution is -0.00897. The molecule has 1 aliphatic rings. The molecule has 2 N–H and O–H groups in total. The zero-order valence-corrected chi connectivity index (χ0v) is 5.63. The molecule has 3 heteroatoms. The van der Waals surface area contributed by atoms with Gasteiger partial charge in [-0.3, -0.25) is 0 Å². The first-order chi connectivity index (χ1) is 4.29. The van der Waals surface area contributed by atoms with Crippen LogP contribution in [0.15, 0.2) is 0 Å². The SMILES string of the molecule is CC(O)CNC1COC1. The van der Waals surface area contributed by atoms with E-state index in [0.717, 1.165) is 13.2 Å². The Bertz CT molecular complexity index is 81.1. The van der Waals surface area contributed by atoms with Crippen molar-refractivity contribution in [1.82, 2.24) is 5.32 Å². The average Bonchev–Trinajstić information content (AvgIpc) is 1.60. The maximum atomic E-state index is 8.82. The fourth-order valence-electron chi connectivity index (χ4n) is 0.691. The lowest BCUT2D eigenvalue weighted by Gasteiger charge is -2.27. The number of nitrogens with one attached hydrogen (secondary N) is 1. The molecule has 0 bridgehead atoms. The van der Waals surface area contributed by atoms with Crippen molar-refractivity contribution in [3.63, 3.8) is 0 Å². The molecule has 9 heavy (non-hydrogen) atoms. The molecule has 54 valence electrons. The third-order valence-corrected chi connectivity index (χ3v) is 1.34. The smallest absolute Gasteiger partial charge is 0.0643 e. The first-order valence-corrected chi connectivity index (χ1v) is 3.28. The number of ether oxygens (including phenoxy) is 1. The van der Waals surface area contributed by atoms with Gasteiger partial charge in [0, 0.05) is 6.54 Å². The second-order valence-electron chi connectivity index (χ2n) is 2.49. The summed E-state index contributed by atoms with van der Waals surface area (Å²) in [4.78, 5) is 0. The molecule has 0 spiro atoms. The zero-order valence-electron chi connectivity index (χ0n) is 5.63. The highest BCUT2D eigenvalue weighted by Gasteiger charge is 2.17. The molecule has 1 fully saturated rings. The van der Waals surface area contributed by atoms with Crippen molar-refractivity contribution in [2.24, 2.45) is 0 Å². The van der Waals surface area contributed by atoms with Crippen LogP contribution >= 0.6 is 0 Å². The third-order valence-electron chi connectivity index (χ3n) is 1.34. The van der Waals surface area contributed by atoms with Gasteiger partial charge in [-0.2, -0.15) is 0 Å². The van der Waals surface area contributed by atoms with Crippen molar-refractivity contribution in [3.05, 3.63) is 0 Å². The Morgan fingerprint density at radius 1 is 1.78 bits per heavy atom. The molecule has 0 saturated carbocycles. The van der Waals surface area contributed by atoms with E-state index >= 15 is 0 Å². The minimum atomic E-state index is -0.245. The van der Waals surface area contributed by atoms with Crippen LogP contribution in [-0.4, -0.2) is 37.0 Å². The van der Waals surface area contributed by atoms with Crippen LogP contribution in [0.2, 0.25) is 0 Å². The number of aliphatic hydroxyl groups excluding tert-OH is 1. The summed E-state index contributed by atoms with van der Waals surface area (Å²) in [5.41, 5.74) is 0. The topological polar surface area (TPSA) is 41.5 Å². The fraction of sp³-hybridized carbons (Fsp3) is 1.00. The van der Waals surface area contributed by atoms with Crippen molar-refractivity contribution in [1.29, 1.82) is 0 Å². The van der Waals surface area contributed by atoms with Gasteiger partial charge in [0.05, 0.1) is 25.4 Å². The lowest BCUT2D eigenvalue weighted by Crippen LogP contribution is -2.47. The van der Waals surface area contributed by atoms with Gasteiger partial charge in [0.1, 0.15) is 0 Å². The van der Waals surface area contributed by atoms with Gasteiger partial charge in [0.25, 0.3) is 0 Å². The summed E-state index contributed by atoms with van der Waals surface area (Å²) < 4.78 is 4.92. The van der Waals surface area contributed by atoms with E-state index in [1.807, 2.05) is 0 Å². The maximum Gasteiger partial charge on any atom is 0.0643 e. The lowest BCUT2D eigenvalue weighted by atomic mass is 10.2. The van der Waals surface area contributed by atoms with Crippen LogP contribution in [0, 0.1) is 0 Å². The largest absolute Gasteiger partial charge is 0.392 e. The van der Waals surface area contributed by atoms with Crippen molar-refractivity contribution in [3.8, 4) is 0 Å². The van der Waals surface area contributed by atoms with E-state index in [1.54, 1.807) is 6.92 Å². The summed E-state index contributed by atoms with van der Waals surface area (Å²) in [5, 5.41) is 12.0. The van der Waals surface area contributed by atoms with Gasteiger partial charge < -0.3 is 15.2 Å². The van der Waals surface area contributed by atoms with Crippen LogP contribution in [0.25, 0.3) is 0 Å². The van der Waals surface area contributed by atoms with Crippen molar-refractivity contribution >= 4 is 0 Å². The molecule has 1 unspecified atom stereocenters. The Morgan fingerprint density at radius 3 is 2.78 bits per heavy atom. The molecular weight excluding hydrogens is 118 g/mol. The van der Waals surface area contributed by atoms with Gasteiger partial charge in [-0.05, 0) is 6.92 Å². The number of hydrogen-bond acceptors (Lipinski definition) is 3. The van der Waals surface area contributed by atoms with Gasteiger partial charge in [0.2, 0.25) is 0 Å². The second-order valence-corrected chi connectivity index (χ2v) is 2.49. The molecule has 1 saturated heterocycles. The van der Waals surface area contributed by atoms with E-state index in [1.165, 1.54) is 0 Å². The molecule has 0 amide bonds. The minimum absolute atomic E-state index is 0.245. The molecule has 0 aromatic heterocycles. The second kappa shape index (κ2) is 3.15. The minimum Gasteiger partial charge on any atom is -0.392 e. The monoisotopic (exact) mass is 131 g/mol. The molecule has 1 heterocycles. The van der Waals surface area contributed by atoms with E-state index in [4.69, 9.17) is 9.84 Å². The van der Waals surface area contributed by atoms with Crippen LogP contribution in [0.3, 0.4) is 0 Å². The molecule has 1 aliphatic heterocycles. The summed E-state index contributed by atoms with van der Waals surface area (Å²) in [6, 6.07) is 0.486. The normalized spacial score (nSPS) is 23.3. The highest BCUT2D eigenvalue weighted by molar-refractivity contribution is 4.73. The molecule has 3 nitrogen and oxygen atoms in total. The maximum absolute atomic E-state index is 8.82. The predicted octanol–water partition coefficient (Wildman–Crippen LogP) is -0.644. The fourth-order valence-corrected chi connectivity index (χ4v) is 0.691. The van der Waals surface area contributed by atoms with Gasteiger partial charge in [-0.25, -0.2) is 0 Å². The van der Waals surface area contributed by atoms with E-state index < -0.39 is 0 Å². The van der Waals surface area contributed by atoms with Crippen molar-refractivity contribution in [2.45, 2.75) is 19.1 Å². The summed E-state index contributed by atoms with van der Waals surface area (Å²) in [5.74, 6) is 0. The number of rotatable bonds is 3. The summed E-state index contributed by atoms with van der Waals surface area (Å²) in [6.45, 7) is 4.04. The van der Waals surface area contributed by atoms with Crippen LogP contribution < -0.4 is 5.32 Å². The van der Waals surface area contributed by atoms with Gasteiger partial charge in [-0.1, -0.05) is 0 Å². The Hall–Kier alpha value is -0.120. The van der Waals surface area contributed by atoms with Crippen LogP contribution in [0.4, 0.5) is 0 Å². The van der Waals surface area contributed by atoms with E-state index in [0.29, 0.717) is 12.6 Å². The Balaban J connectivity index is 1.91. The van der Waals surface area contributed by atoms with Crippen molar-refractivity contribution in [2.75, 3.05) is 19.8 Å². The highest BCUT2D eigenvalue weighted by atomic mass is 16.5. The summed E-state index contributed by atoms with van der Waals surface area (Å²) in [6.07, 6.45) is -0.245. The molecule has 0 radical (unpaired) electrons. The first-order valence-electron chi connectivity index (χ1n) is 3.28. The van der Waals surface area contributed by atoms with E-state index in [9.17, 15) is 0 Å². The molecule has 0 aromatic carbocycles. The first kappa shape index (κ1) is 6.99. The van der Waals surface area contributed by atoms with E-state index in [2.05, 4.69) is 5.32 Å². The molecule has 1 rings (SSSR count). The summed E-state index contributed by atoms with van der Waals surface area (Å²) >= 11 is 0. The molecular formula is C6H13NO2. The van der Waals surface area contributed by atoms with Crippen LogP contribution in [-0.2, 0) is 4.74 Å². The molecule has 0 aliphatic carbocycles. The third kappa shape index (κ3) is 2.30. The van der Waals surface area contributed by atoms with Gasteiger partial charge >= 0.3 is 0 Å². The highest BCUT2D eigenvalue weighted by Crippen LogP contribution is 1.98. The predicted molar refractivity (Wildman–Crippen MR) is 34.3 cm³/mol. The zero-order chi connectivity index (χ0) is 6.69. The quantitative estimate of drug-likeness (QED) is 0.535. The molecule has 0 aromatic rings. The summed E-state index contributed by atoms with van der Waals surface area (Å²) in [7, 11) is 0. The Labute approximate surface area is 55.0 Å². The number of hydrogen-bond donors (Lipinski definition) is 2. The number of aliphatic hydroxyl groups is 1. The van der Waals surface area contributed by atoms with Gasteiger partial charge in [0.15, 0.2) is 0 Å². The molecule has 1 atom stereocenters. The van der Waals surface area contributed by atoms with Crippen LogP contribution in [0.1, 0.15) is 6.92 Å². The van der Waals surface area contributed by atoms with Crippen molar-refractivity contribution < 1.29 is 9.84 Å². The average molecular weight is 131 g/mol. The standard InChI is InChI=1S/C6H13NO2/c1-5(8)2-7-6-3-9-4-6/h5-8H,2-4H2,1H3. The Kier molecular flexibility index (Phi) is 2.45. The van der Waals surface area contributed by atoms with E-state index in [-0.39, 0.29) is 6.10 Å². The van der Waals surface area contributed by atoms with Crippen LogP contribution in [0.5, 0.6) is 0 Å². The Morgan fingerprint density at radius 2 is 2.44 bits per heavy atom.